The molecule has 22 heavy (non-hydrogen) atoms. The van der Waals surface area contributed by atoms with E-state index in [1.54, 1.807) is 18.2 Å². The van der Waals surface area contributed by atoms with Crippen LogP contribution in [0.3, 0.4) is 0 Å². The number of amides is 1. The maximum absolute atomic E-state index is 12.7. The summed E-state index contributed by atoms with van der Waals surface area (Å²) in [6.07, 6.45) is 0. The number of nitrogens with one attached hydrogen (secondary N) is 1. The van der Waals surface area contributed by atoms with Crippen molar-refractivity contribution in [2.45, 2.75) is 0 Å². The topological polar surface area (TPSA) is 32.3 Å². The Bertz CT molecular complexity index is 712. The quantitative estimate of drug-likeness (QED) is 0.883. The number of carbonyl (C=O) groups excluding carboxylic acids is 1. The molecule has 2 aromatic rings. The molecular weight excluding hydrogens is 279 g/mol. The van der Waals surface area contributed by atoms with E-state index in [4.69, 9.17) is 0 Å². The van der Waals surface area contributed by atoms with Gasteiger partial charge in [-0.15, -0.1) is 0 Å². The zero-order valence-corrected chi connectivity index (χ0v) is 12.6. The lowest BCUT2D eigenvalue weighted by Gasteiger charge is -2.13. The Morgan fingerprint density at radius 2 is 1.91 bits per heavy atom. The average molecular weight is 296 g/mol. The van der Waals surface area contributed by atoms with Crippen molar-refractivity contribution in [3.8, 4) is 11.8 Å². The van der Waals surface area contributed by atoms with Gasteiger partial charge in [-0.2, -0.15) is 0 Å². The van der Waals surface area contributed by atoms with E-state index in [2.05, 4.69) is 17.2 Å². The molecule has 0 spiro atoms. The zero-order chi connectivity index (χ0) is 15.9. The molecule has 0 atom stereocenters. The molecule has 0 fully saturated rings. The van der Waals surface area contributed by atoms with E-state index in [0.717, 1.165) is 5.69 Å². The lowest BCUT2D eigenvalue weighted by molar-refractivity contribution is 0.0958. The van der Waals surface area contributed by atoms with Gasteiger partial charge >= 0.3 is 0 Å². The highest BCUT2D eigenvalue weighted by Crippen LogP contribution is 2.13. The van der Waals surface area contributed by atoms with Gasteiger partial charge in [0.05, 0.1) is 6.54 Å². The number of nitrogens with zero attached hydrogens (tertiary/aromatic N) is 1. The van der Waals surface area contributed by atoms with Crippen LogP contribution >= 0.6 is 0 Å². The minimum atomic E-state index is -0.292. The number of carbonyl (C=O) groups is 1. The van der Waals surface area contributed by atoms with Crippen molar-refractivity contribution in [2.24, 2.45) is 0 Å². The normalized spacial score (nSPS) is 9.59. The van der Waals surface area contributed by atoms with Crippen molar-refractivity contribution in [3.63, 3.8) is 0 Å². The molecular formula is C18H17FN2O. The number of rotatable bonds is 3. The van der Waals surface area contributed by atoms with Crippen LogP contribution in [0.15, 0.2) is 48.5 Å². The first-order valence-electron chi connectivity index (χ1n) is 6.86. The number of hydrogen-bond acceptors (Lipinski definition) is 2. The lowest BCUT2D eigenvalue weighted by atomic mass is 10.2. The van der Waals surface area contributed by atoms with Gasteiger partial charge in [-0.1, -0.05) is 17.9 Å². The van der Waals surface area contributed by atoms with Crippen LogP contribution in [-0.4, -0.2) is 26.5 Å². The first-order valence-corrected chi connectivity index (χ1v) is 6.86. The molecule has 3 nitrogen and oxygen atoms in total. The third-order valence-corrected chi connectivity index (χ3v) is 3.04. The minimum absolute atomic E-state index is 0.169. The first-order chi connectivity index (χ1) is 10.6. The predicted octanol–water partition coefficient (Wildman–Crippen LogP) is 2.67. The Hall–Kier alpha value is -2.80. The van der Waals surface area contributed by atoms with Crippen molar-refractivity contribution in [1.29, 1.82) is 0 Å². The van der Waals surface area contributed by atoms with Crippen LogP contribution in [0.5, 0.6) is 0 Å². The summed E-state index contributed by atoms with van der Waals surface area (Å²) in [6, 6.07) is 13.3. The van der Waals surface area contributed by atoms with Gasteiger partial charge in [0.2, 0.25) is 0 Å². The Morgan fingerprint density at radius 3 is 2.59 bits per heavy atom. The van der Waals surface area contributed by atoms with Crippen molar-refractivity contribution in [3.05, 3.63) is 65.5 Å². The number of anilines is 1. The molecule has 0 saturated heterocycles. The number of halogens is 1. The maximum Gasteiger partial charge on any atom is 0.252 e. The van der Waals surface area contributed by atoms with Crippen LogP contribution in [0.2, 0.25) is 0 Å². The first kappa shape index (κ1) is 15.6. The second-order valence-corrected chi connectivity index (χ2v) is 4.94. The summed E-state index contributed by atoms with van der Waals surface area (Å²) in [5.41, 5.74) is 2.27. The van der Waals surface area contributed by atoms with E-state index in [1.807, 2.05) is 37.2 Å². The molecule has 0 saturated carbocycles. The fourth-order valence-electron chi connectivity index (χ4n) is 1.83. The van der Waals surface area contributed by atoms with Crippen LogP contribution in [0.25, 0.3) is 0 Å². The standard InChI is InChI=1S/C18H17FN2O/c1-21(2)17-7-3-6-15(13-17)18(22)20-12-4-5-14-8-10-16(19)11-9-14/h3,6-11,13H,12H2,1-2H3,(H,20,22). The van der Waals surface area contributed by atoms with E-state index in [9.17, 15) is 9.18 Å². The van der Waals surface area contributed by atoms with Gasteiger partial charge in [-0.05, 0) is 42.5 Å². The molecule has 2 aromatic carbocycles. The molecule has 0 aliphatic heterocycles. The summed E-state index contributed by atoms with van der Waals surface area (Å²) in [7, 11) is 3.84. The second-order valence-electron chi connectivity index (χ2n) is 4.94. The SMILES string of the molecule is CN(C)c1cccc(C(=O)NCC#Cc2ccc(F)cc2)c1. The largest absolute Gasteiger partial charge is 0.378 e. The molecule has 112 valence electrons. The molecule has 2 rings (SSSR count). The summed E-state index contributed by atoms with van der Waals surface area (Å²) in [4.78, 5) is 14.0. The zero-order valence-electron chi connectivity index (χ0n) is 12.6. The van der Waals surface area contributed by atoms with E-state index in [-0.39, 0.29) is 18.3 Å². The minimum Gasteiger partial charge on any atom is -0.378 e. The molecule has 1 N–H and O–H groups in total. The molecule has 0 heterocycles. The molecule has 0 aliphatic carbocycles. The summed E-state index contributed by atoms with van der Waals surface area (Å²) >= 11 is 0. The van der Waals surface area contributed by atoms with E-state index in [1.165, 1.54) is 12.1 Å². The van der Waals surface area contributed by atoms with Gasteiger partial charge in [0.15, 0.2) is 0 Å². The van der Waals surface area contributed by atoms with Crippen LogP contribution in [-0.2, 0) is 0 Å². The molecule has 4 heteroatoms. The van der Waals surface area contributed by atoms with Gasteiger partial charge in [-0.3, -0.25) is 4.79 Å². The molecule has 0 radical (unpaired) electrons. The number of hydrogen-bond donors (Lipinski definition) is 1. The smallest absolute Gasteiger partial charge is 0.252 e. The predicted molar refractivity (Wildman–Crippen MR) is 86.4 cm³/mol. The molecule has 0 aromatic heterocycles. The highest BCUT2D eigenvalue weighted by Gasteiger charge is 2.05. The number of benzene rings is 2. The molecule has 1 amide bonds. The van der Waals surface area contributed by atoms with Gasteiger partial charge in [0, 0.05) is 30.9 Å². The van der Waals surface area contributed by atoms with Crippen molar-refractivity contribution in [2.75, 3.05) is 25.5 Å². The van der Waals surface area contributed by atoms with Crippen molar-refractivity contribution >= 4 is 11.6 Å². The van der Waals surface area contributed by atoms with Gasteiger partial charge < -0.3 is 10.2 Å². The third-order valence-electron chi connectivity index (χ3n) is 3.04. The Labute approximate surface area is 129 Å². The lowest BCUT2D eigenvalue weighted by Crippen LogP contribution is -2.23. The van der Waals surface area contributed by atoms with E-state index >= 15 is 0 Å². The van der Waals surface area contributed by atoms with Crippen molar-refractivity contribution < 1.29 is 9.18 Å². The molecule has 0 unspecified atom stereocenters. The van der Waals surface area contributed by atoms with Gasteiger partial charge in [-0.25, -0.2) is 4.39 Å². The van der Waals surface area contributed by atoms with Crippen LogP contribution in [0, 0.1) is 17.7 Å². The Morgan fingerprint density at radius 1 is 1.18 bits per heavy atom. The summed E-state index contributed by atoms with van der Waals surface area (Å²) in [6.45, 7) is 0.238. The summed E-state index contributed by atoms with van der Waals surface area (Å²) in [5, 5.41) is 2.74. The summed E-state index contributed by atoms with van der Waals surface area (Å²) in [5.74, 6) is 5.25. The fraction of sp³-hybridized carbons (Fsp3) is 0.167. The molecule has 0 aliphatic rings. The Kier molecular flexibility index (Phi) is 5.16. The third kappa shape index (κ3) is 4.35. The van der Waals surface area contributed by atoms with E-state index < -0.39 is 0 Å². The maximum atomic E-state index is 12.7. The second kappa shape index (κ2) is 7.28. The van der Waals surface area contributed by atoms with E-state index in [0.29, 0.717) is 11.1 Å². The van der Waals surface area contributed by atoms with Gasteiger partial charge in [0.1, 0.15) is 5.82 Å². The van der Waals surface area contributed by atoms with Crippen LogP contribution < -0.4 is 10.2 Å². The highest BCUT2D eigenvalue weighted by atomic mass is 19.1. The highest BCUT2D eigenvalue weighted by molar-refractivity contribution is 5.95. The Balaban J connectivity index is 1.93. The molecule has 0 bridgehead atoms. The van der Waals surface area contributed by atoms with Crippen LogP contribution in [0.1, 0.15) is 15.9 Å². The van der Waals surface area contributed by atoms with Gasteiger partial charge in [0.25, 0.3) is 5.91 Å². The summed E-state index contributed by atoms with van der Waals surface area (Å²) < 4.78 is 12.7. The fourth-order valence-corrected chi connectivity index (χ4v) is 1.83. The van der Waals surface area contributed by atoms with Crippen LogP contribution in [0.4, 0.5) is 10.1 Å². The van der Waals surface area contributed by atoms with Crippen molar-refractivity contribution in [1.82, 2.24) is 5.32 Å². The monoisotopic (exact) mass is 296 g/mol. The average Bonchev–Trinajstić information content (AvgIpc) is 2.53.